The fourth-order valence-corrected chi connectivity index (χ4v) is 0.999. The van der Waals surface area contributed by atoms with E-state index in [4.69, 9.17) is 0 Å². The number of aromatic nitrogens is 2. The Bertz CT molecular complexity index is 314. The second kappa shape index (κ2) is 3.55. The lowest BCUT2D eigenvalue weighted by atomic mass is 10.3. The lowest BCUT2D eigenvalue weighted by Gasteiger charge is -2.01. The van der Waals surface area contributed by atoms with Crippen LogP contribution in [0.25, 0.3) is 0 Å². The maximum Gasteiger partial charge on any atom is 0.435 e. The molecule has 1 rings (SSSR count). The van der Waals surface area contributed by atoms with Gasteiger partial charge in [-0.25, -0.2) is 8.78 Å². The summed E-state index contributed by atoms with van der Waals surface area (Å²) in [4.78, 5) is 0. The molecule has 0 atom stereocenters. The minimum Gasteiger partial charge on any atom is -0.263 e. The van der Waals surface area contributed by atoms with Crippen molar-refractivity contribution < 1.29 is 22.0 Å². The third-order valence-electron chi connectivity index (χ3n) is 1.62. The van der Waals surface area contributed by atoms with Crippen LogP contribution in [0.2, 0.25) is 0 Å². The molecule has 0 saturated carbocycles. The van der Waals surface area contributed by atoms with E-state index in [9.17, 15) is 22.0 Å². The molecule has 0 aliphatic rings. The van der Waals surface area contributed by atoms with E-state index in [1.165, 1.54) is 6.92 Å². The Morgan fingerprint density at radius 1 is 1.43 bits per heavy atom. The van der Waals surface area contributed by atoms with E-state index in [0.29, 0.717) is 10.7 Å². The van der Waals surface area contributed by atoms with Gasteiger partial charge in [0.1, 0.15) is 5.69 Å². The maximum atomic E-state index is 12.2. The smallest absolute Gasteiger partial charge is 0.263 e. The van der Waals surface area contributed by atoms with Gasteiger partial charge in [0.2, 0.25) is 0 Å². The van der Waals surface area contributed by atoms with Crippen molar-refractivity contribution in [1.82, 2.24) is 9.78 Å². The minimum atomic E-state index is -4.68. The van der Waals surface area contributed by atoms with Crippen LogP contribution >= 0.6 is 0 Å². The molecule has 1 aromatic heterocycles. The summed E-state index contributed by atoms with van der Waals surface area (Å²) in [5.74, 6) is 0. The predicted molar refractivity (Wildman–Crippen MR) is 37.9 cm³/mol. The average molecular weight is 214 g/mol. The third kappa shape index (κ3) is 2.02. The Morgan fingerprint density at radius 2 is 2.00 bits per heavy atom. The number of aryl methyl sites for hydroxylation is 1. The first-order valence-electron chi connectivity index (χ1n) is 3.79. The van der Waals surface area contributed by atoms with Crippen LogP contribution in [0.3, 0.4) is 0 Å². The summed E-state index contributed by atoms with van der Waals surface area (Å²) in [6.45, 7) is 1.43. The summed E-state index contributed by atoms with van der Waals surface area (Å²) < 4.78 is 61.2. The molecule has 80 valence electrons. The minimum absolute atomic E-state index is 0.0181. The monoisotopic (exact) mass is 214 g/mol. The number of alkyl halides is 5. The van der Waals surface area contributed by atoms with Crippen molar-refractivity contribution >= 4 is 0 Å². The molecule has 0 radical (unpaired) electrons. The lowest BCUT2D eigenvalue weighted by Crippen LogP contribution is -2.08. The van der Waals surface area contributed by atoms with Crippen molar-refractivity contribution in [3.8, 4) is 0 Å². The molecule has 0 amide bonds. The molecule has 2 nitrogen and oxygen atoms in total. The molecule has 0 bridgehead atoms. The van der Waals surface area contributed by atoms with Crippen LogP contribution in [-0.2, 0) is 12.7 Å². The van der Waals surface area contributed by atoms with Crippen molar-refractivity contribution in [2.75, 3.05) is 0 Å². The Morgan fingerprint density at radius 3 is 2.29 bits per heavy atom. The molecule has 1 heterocycles. The Labute approximate surface area is 76.3 Å². The molecule has 0 aliphatic heterocycles. The fourth-order valence-electron chi connectivity index (χ4n) is 0.999. The van der Waals surface area contributed by atoms with Crippen LogP contribution < -0.4 is 0 Å². The van der Waals surface area contributed by atoms with E-state index in [2.05, 4.69) is 5.10 Å². The van der Waals surface area contributed by atoms with Crippen LogP contribution in [0.4, 0.5) is 22.0 Å². The topological polar surface area (TPSA) is 17.8 Å². The van der Waals surface area contributed by atoms with E-state index in [-0.39, 0.29) is 6.54 Å². The number of hydrogen-bond acceptors (Lipinski definition) is 1. The Kier molecular flexibility index (Phi) is 2.77. The van der Waals surface area contributed by atoms with Crippen molar-refractivity contribution in [3.63, 3.8) is 0 Å². The van der Waals surface area contributed by atoms with Gasteiger partial charge >= 0.3 is 6.18 Å². The first kappa shape index (κ1) is 10.9. The third-order valence-corrected chi connectivity index (χ3v) is 1.62. The summed E-state index contributed by atoms with van der Waals surface area (Å²) in [5, 5.41) is 3.03. The largest absolute Gasteiger partial charge is 0.435 e. The molecule has 0 N–H and O–H groups in total. The molecule has 7 heteroatoms. The van der Waals surface area contributed by atoms with E-state index < -0.39 is 24.0 Å². The quantitative estimate of drug-likeness (QED) is 0.692. The van der Waals surface area contributed by atoms with Crippen LogP contribution in [0, 0.1) is 0 Å². The zero-order chi connectivity index (χ0) is 10.9. The first-order chi connectivity index (χ1) is 6.36. The Hall–Kier alpha value is -1.14. The highest BCUT2D eigenvalue weighted by atomic mass is 19.4. The molecule has 0 aromatic carbocycles. The van der Waals surface area contributed by atoms with Gasteiger partial charge in [-0.15, -0.1) is 0 Å². The second-order valence-corrected chi connectivity index (χ2v) is 2.57. The number of hydrogen-bond donors (Lipinski definition) is 0. The molecule has 0 unspecified atom stereocenters. The van der Waals surface area contributed by atoms with Gasteiger partial charge in [-0.3, -0.25) is 4.68 Å². The zero-order valence-electron chi connectivity index (χ0n) is 7.15. The predicted octanol–water partition coefficient (Wildman–Crippen LogP) is 2.86. The van der Waals surface area contributed by atoms with Gasteiger partial charge in [0, 0.05) is 6.54 Å². The molecular formula is C7H7F5N2. The summed E-state index contributed by atoms with van der Waals surface area (Å²) in [6, 6.07) is 0.369. The number of rotatable bonds is 2. The van der Waals surface area contributed by atoms with Gasteiger partial charge in [0.05, 0.1) is 0 Å². The van der Waals surface area contributed by atoms with E-state index >= 15 is 0 Å². The molecule has 0 spiro atoms. The molecule has 1 aromatic rings. The van der Waals surface area contributed by atoms with Crippen LogP contribution in [0.1, 0.15) is 24.7 Å². The summed E-state index contributed by atoms with van der Waals surface area (Å²) in [6.07, 6.45) is -7.62. The first-order valence-corrected chi connectivity index (χ1v) is 3.79. The average Bonchev–Trinajstić information content (AvgIpc) is 2.45. The van der Waals surface area contributed by atoms with Crippen LogP contribution in [0.5, 0.6) is 0 Å². The van der Waals surface area contributed by atoms with Gasteiger partial charge in [0.25, 0.3) is 6.43 Å². The van der Waals surface area contributed by atoms with Gasteiger partial charge < -0.3 is 0 Å². The molecule has 14 heavy (non-hydrogen) atoms. The second-order valence-electron chi connectivity index (χ2n) is 2.57. The van der Waals surface area contributed by atoms with Crippen LogP contribution in [-0.4, -0.2) is 9.78 Å². The summed E-state index contributed by atoms with van der Waals surface area (Å²) >= 11 is 0. The standard InChI is InChI=1S/C7H7F5N2/c1-2-14-4(6(8)9)3-5(13-14)7(10,11)12/h3,6H,2H2,1H3. The Balaban J connectivity index is 3.13. The van der Waals surface area contributed by atoms with Gasteiger partial charge in [-0.05, 0) is 13.0 Å². The van der Waals surface area contributed by atoms with E-state index in [1.807, 2.05) is 0 Å². The maximum absolute atomic E-state index is 12.2. The SMILES string of the molecule is CCn1nc(C(F)(F)F)cc1C(F)F. The highest BCUT2D eigenvalue weighted by molar-refractivity contribution is 5.14. The van der Waals surface area contributed by atoms with Gasteiger partial charge in [-0.2, -0.15) is 18.3 Å². The van der Waals surface area contributed by atoms with Crippen molar-refractivity contribution in [2.45, 2.75) is 26.1 Å². The lowest BCUT2D eigenvalue weighted by molar-refractivity contribution is -0.141. The zero-order valence-corrected chi connectivity index (χ0v) is 7.15. The number of halogens is 5. The molecule has 0 saturated heterocycles. The fraction of sp³-hybridized carbons (Fsp3) is 0.571. The van der Waals surface area contributed by atoms with E-state index in [1.54, 1.807) is 0 Å². The van der Waals surface area contributed by atoms with Gasteiger partial charge in [0.15, 0.2) is 5.69 Å². The highest BCUT2D eigenvalue weighted by Gasteiger charge is 2.35. The van der Waals surface area contributed by atoms with Crippen LogP contribution in [0.15, 0.2) is 6.07 Å². The normalized spacial score (nSPS) is 12.5. The van der Waals surface area contributed by atoms with Gasteiger partial charge in [-0.1, -0.05) is 0 Å². The van der Waals surface area contributed by atoms with E-state index in [0.717, 1.165) is 0 Å². The van der Waals surface area contributed by atoms with Crippen molar-refractivity contribution in [3.05, 3.63) is 17.5 Å². The molecular weight excluding hydrogens is 207 g/mol. The summed E-state index contributed by atoms with van der Waals surface area (Å²) in [5.41, 5.74) is -1.99. The highest BCUT2D eigenvalue weighted by Crippen LogP contribution is 2.31. The number of nitrogens with zero attached hydrogens (tertiary/aromatic N) is 2. The molecule has 0 aliphatic carbocycles. The van der Waals surface area contributed by atoms with Crippen molar-refractivity contribution in [2.24, 2.45) is 0 Å². The summed E-state index contributed by atoms with van der Waals surface area (Å²) in [7, 11) is 0. The van der Waals surface area contributed by atoms with Crippen molar-refractivity contribution in [1.29, 1.82) is 0 Å². The molecule has 0 fully saturated rings.